The number of aliphatic hydroxyl groups is 1. The molecular weight excluding hydrogens is 288 g/mol. The third kappa shape index (κ3) is 3.84. The highest BCUT2D eigenvalue weighted by Crippen LogP contribution is 2.27. The molecule has 111 valence electrons. The normalized spacial score (nSPS) is 12.4. The first-order valence-corrected chi connectivity index (χ1v) is 6.38. The van der Waals surface area contributed by atoms with Crippen molar-refractivity contribution in [2.75, 3.05) is 6.86 Å². The zero-order valence-corrected chi connectivity index (χ0v) is 12.6. The quantitative estimate of drug-likeness (QED) is 0.821. The summed E-state index contributed by atoms with van der Waals surface area (Å²) in [6, 6.07) is 2.70. The molecule has 0 aliphatic rings. The summed E-state index contributed by atoms with van der Waals surface area (Å²) in [4.78, 5) is 0. The van der Waals surface area contributed by atoms with Gasteiger partial charge in [-0.25, -0.2) is 8.78 Å². The van der Waals surface area contributed by atoms with Gasteiger partial charge >= 0.3 is 7.48 Å². The molecule has 0 atom stereocenters. The second-order valence-electron chi connectivity index (χ2n) is 5.34. The van der Waals surface area contributed by atoms with Gasteiger partial charge in [0.1, 0.15) is 16.6 Å². The summed E-state index contributed by atoms with van der Waals surface area (Å²) in [5.74, 6) is -0.852. The highest BCUT2D eigenvalue weighted by molar-refractivity contribution is 6.48. The van der Waals surface area contributed by atoms with E-state index in [0.717, 1.165) is 0 Å². The Bertz CT molecular complexity index is 475. The summed E-state index contributed by atoms with van der Waals surface area (Å²) in [6.07, 6.45) is 0. The number of ether oxygens (including phenoxy) is 1. The van der Waals surface area contributed by atoms with Crippen LogP contribution in [0.4, 0.5) is 8.78 Å². The lowest BCUT2D eigenvalue weighted by atomic mass is 9.82. The molecule has 0 heterocycles. The largest absolute Gasteiger partial charge is 0.461 e. The molecule has 0 saturated carbocycles. The van der Waals surface area contributed by atoms with Gasteiger partial charge in [0.2, 0.25) is 6.86 Å². The van der Waals surface area contributed by atoms with Crippen LogP contribution in [0.5, 0.6) is 5.75 Å². The summed E-state index contributed by atoms with van der Waals surface area (Å²) in [6.45, 7) is 5.42. The van der Waals surface area contributed by atoms with Crippen molar-refractivity contribution in [1.29, 1.82) is 0 Å². The third-order valence-corrected chi connectivity index (χ3v) is 3.59. The molecule has 0 bridgehead atoms. The number of hydrogen-bond acceptors (Lipinski definition) is 3. The molecule has 0 aromatic heterocycles. The minimum atomic E-state index is -1.12. The van der Waals surface area contributed by atoms with Gasteiger partial charge in [0, 0.05) is 0 Å². The van der Waals surface area contributed by atoms with Crippen LogP contribution in [0.15, 0.2) is 12.1 Å². The van der Waals surface area contributed by atoms with E-state index in [1.54, 1.807) is 27.7 Å². The molecule has 1 rings (SSSR count). The highest BCUT2D eigenvalue weighted by Gasteiger charge is 2.36. The van der Waals surface area contributed by atoms with Crippen LogP contribution in [0.2, 0.25) is 5.02 Å². The van der Waals surface area contributed by atoms with Gasteiger partial charge in [0.05, 0.1) is 11.2 Å². The van der Waals surface area contributed by atoms with E-state index in [2.05, 4.69) is 4.74 Å². The van der Waals surface area contributed by atoms with Crippen LogP contribution in [-0.4, -0.2) is 30.7 Å². The van der Waals surface area contributed by atoms with Gasteiger partial charge in [-0.3, -0.25) is 0 Å². The summed E-state index contributed by atoms with van der Waals surface area (Å²) in [5, 5.41) is 9.62. The van der Waals surface area contributed by atoms with E-state index in [-0.39, 0.29) is 16.2 Å². The maximum atomic E-state index is 13.9. The van der Waals surface area contributed by atoms with E-state index in [4.69, 9.17) is 16.3 Å². The van der Waals surface area contributed by atoms with Gasteiger partial charge in [-0.15, -0.1) is 0 Å². The Hall–Kier alpha value is -0.845. The number of benzene rings is 1. The van der Waals surface area contributed by atoms with E-state index >= 15 is 0 Å². The van der Waals surface area contributed by atoms with Crippen LogP contribution >= 0.6 is 11.6 Å². The standard InChI is InChI=1S/C13H17BClF2O3/c1-12(2,18)13(3,4)20-14-8-5-6-9(19-7-16)10(15)11(8)17/h5-6,18H,7H2,1-4H3. The fourth-order valence-electron chi connectivity index (χ4n) is 1.16. The number of halogens is 3. The lowest BCUT2D eigenvalue weighted by Gasteiger charge is -2.37. The first kappa shape index (κ1) is 17.2. The molecule has 0 unspecified atom stereocenters. The average Bonchev–Trinajstić information content (AvgIpc) is 2.33. The van der Waals surface area contributed by atoms with E-state index in [1.165, 1.54) is 19.6 Å². The van der Waals surface area contributed by atoms with Gasteiger partial charge in [-0.05, 0) is 39.2 Å². The minimum Gasteiger partial charge on any atom is -0.461 e. The zero-order chi connectivity index (χ0) is 15.6. The number of hydrogen-bond donors (Lipinski definition) is 1. The first-order valence-electron chi connectivity index (χ1n) is 6.00. The van der Waals surface area contributed by atoms with Crippen LogP contribution in [0.1, 0.15) is 27.7 Å². The second kappa shape index (κ2) is 6.29. The molecule has 0 aliphatic carbocycles. The predicted octanol–water partition coefficient (Wildman–Crippen LogP) is 2.60. The van der Waals surface area contributed by atoms with Crippen LogP contribution in [0.25, 0.3) is 0 Å². The van der Waals surface area contributed by atoms with Crippen molar-refractivity contribution in [3.63, 3.8) is 0 Å². The maximum Gasteiger partial charge on any atom is 0.333 e. The van der Waals surface area contributed by atoms with Gasteiger partial charge < -0.3 is 14.5 Å². The van der Waals surface area contributed by atoms with Crippen LogP contribution in [-0.2, 0) is 4.65 Å². The van der Waals surface area contributed by atoms with Crippen LogP contribution < -0.4 is 10.2 Å². The minimum absolute atomic E-state index is 0.0782. The van der Waals surface area contributed by atoms with Crippen molar-refractivity contribution in [3.8, 4) is 5.75 Å². The number of alkyl halides is 1. The lowest BCUT2D eigenvalue weighted by molar-refractivity contribution is -0.0893. The first-order chi connectivity index (χ1) is 9.10. The Labute approximate surface area is 123 Å². The average molecular weight is 306 g/mol. The van der Waals surface area contributed by atoms with Crippen molar-refractivity contribution in [2.45, 2.75) is 38.9 Å². The zero-order valence-electron chi connectivity index (χ0n) is 11.8. The van der Waals surface area contributed by atoms with Crippen molar-refractivity contribution in [3.05, 3.63) is 23.0 Å². The molecule has 0 saturated heterocycles. The van der Waals surface area contributed by atoms with Crippen molar-refractivity contribution < 1.29 is 23.3 Å². The monoisotopic (exact) mass is 305 g/mol. The van der Waals surface area contributed by atoms with E-state index in [0.29, 0.717) is 0 Å². The fourth-order valence-corrected chi connectivity index (χ4v) is 1.39. The molecule has 1 aromatic carbocycles. The fraction of sp³-hybridized carbons (Fsp3) is 0.538. The number of rotatable bonds is 6. The van der Waals surface area contributed by atoms with Crippen LogP contribution in [0.3, 0.4) is 0 Å². The molecule has 0 spiro atoms. The summed E-state index contributed by atoms with van der Waals surface area (Å²) >= 11 is 5.73. The lowest BCUT2D eigenvalue weighted by Crippen LogP contribution is -2.49. The molecule has 1 radical (unpaired) electrons. The van der Waals surface area contributed by atoms with E-state index in [1.807, 2.05) is 0 Å². The SMILES string of the molecule is CC(C)(O)C(C)(C)O[B]c1ccc(OCF)c(Cl)c1F. The van der Waals surface area contributed by atoms with E-state index in [9.17, 15) is 13.9 Å². The molecule has 1 N–H and O–H groups in total. The van der Waals surface area contributed by atoms with Crippen molar-refractivity contribution >= 4 is 24.5 Å². The summed E-state index contributed by atoms with van der Waals surface area (Å²) in [7, 11) is 1.17. The highest BCUT2D eigenvalue weighted by atomic mass is 35.5. The third-order valence-electron chi connectivity index (χ3n) is 3.24. The topological polar surface area (TPSA) is 38.7 Å². The van der Waals surface area contributed by atoms with Gasteiger partial charge in [0.25, 0.3) is 0 Å². The smallest absolute Gasteiger partial charge is 0.333 e. The predicted molar refractivity (Wildman–Crippen MR) is 74.9 cm³/mol. The molecule has 0 amide bonds. The van der Waals surface area contributed by atoms with Gasteiger partial charge in [-0.2, -0.15) is 0 Å². The molecular formula is C13H17BClF2O3. The summed E-state index contributed by atoms with van der Waals surface area (Å²) in [5.41, 5.74) is -1.97. The molecule has 0 fully saturated rings. The molecule has 7 heteroatoms. The Balaban J connectivity index is 2.87. The molecule has 1 aromatic rings. The Morgan fingerprint density at radius 1 is 1.30 bits per heavy atom. The van der Waals surface area contributed by atoms with Crippen molar-refractivity contribution in [1.82, 2.24) is 0 Å². The van der Waals surface area contributed by atoms with Crippen LogP contribution in [0, 0.1) is 5.82 Å². The Morgan fingerprint density at radius 3 is 2.40 bits per heavy atom. The molecule has 0 aliphatic heterocycles. The van der Waals surface area contributed by atoms with Crippen molar-refractivity contribution in [2.24, 2.45) is 0 Å². The van der Waals surface area contributed by atoms with Gasteiger partial charge in [0.15, 0.2) is 0 Å². The summed E-state index contributed by atoms with van der Waals surface area (Å²) < 4.78 is 36.0. The Kier molecular flexibility index (Phi) is 5.41. The maximum absolute atomic E-state index is 13.9. The molecule has 20 heavy (non-hydrogen) atoms. The Morgan fingerprint density at radius 2 is 1.90 bits per heavy atom. The van der Waals surface area contributed by atoms with E-state index < -0.39 is 23.9 Å². The molecule has 3 nitrogen and oxygen atoms in total. The van der Waals surface area contributed by atoms with Gasteiger partial charge in [-0.1, -0.05) is 17.7 Å². The second-order valence-corrected chi connectivity index (χ2v) is 5.72.